The first-order valence-corrected chi connectivity index (χ1v) is 3.68. The molecule has 1 aromatic rings. The van der Waals surface area contributed by atoms with Crippen LogP contribution in [0, 0.1) is 13.8 Å². The van der Waals surface area contributed by atoms with E-state index in [2.05, 4.69) is 15.3 Å². The Morgan fingerprint density at radius 3 is 2.27 bits per heavy atom. The molecule has 3 heteroatoms. The quantitative estimate of drug-likeness (QED) is 0.679. The van der Waals surface area contributed by atoms with Crippen LogP contribution >= 0.6 is 0 Å². The summed E-state index contributed by atoms with van der Waals surface area (Å²) in [5.41, 5.74) is 2.06. The van der Waals surface area contributed by atoms with Crippen LogP contribution in [0.4, 0.5) is 0 Å². The second kappa shape index (κ2) is 3.44. The number of nitrogens with zero attached hydrogens (tertiary/aromatic N) is 2. The minimum Gasteiger partial charge on any atom is -0.313 e. The van der Waals surface area contributed by atoms with Crippen LogP contribution in [-0.2, 0) is 6.54 Å². The van der Waals surface area contributed by atoms with Crippen molar-refractivity contribution >= 4 is 0 Å². The fourth-order valence-corrected chi connectivity index (χ4v) is 1.04. The summed E-state index contributed by atoms with van der Waals surface area (Å²) >= 11 is 0. The van der Waals surface area contributed by atoms with Gasteiger partial charge in [-0.15, -0.1) is 0 Å². The smallest absolute Gasteiger partial charge is 0.142 e. The van der Waals surface area contributed by atoms with E-state index in [0.29, 0.717) is 0 Å². The lowest BCUT2D eigenvalue weighted by Gasteiger charge is -2.00. The predicted molar refractivity (Wildman–Crippen MR) is 44.3 cm³/mol. The number of aryl methyl sites for hydroxylation is 2. The molecule has 1 aromatic heterocycles. The van der Waals surface area contributed by atoms with Gasteiger partial charge < -0.3 is 5.32 Å². The highest BCUT2D eigenvalue weighted by Gasteiger charge is 1.96. The van der Waals surface area contributed by atoms with Crippen molar-refractivity contribution in [2.24, 2.45) is 0 Å². The first-order valence-electron chi connectivity index (χ1n) is 3.68. The maximum Gasteiger partial charge on any atom is 0.142 e. The third-order valence-corrected chi connectivity index (χ3v) is 1.36. The number of aromatic nitrogens is 2. The number of nitrogens with one attached hydrogen (secondary N) is 1. The van der Waals surface area contributed by atoms with Gasteiger partial charge in [-0.3, -0.25) is 0 Å². The van der Waals surface area contributed by atoms with Gasteiger partial charge in [0.2, 0.25) is 0 Å². The van der Waals surface area contributed by atoms with E-state index in [4.69, 9.17) is 0 Å². The molecule has 0 radical (unpaired) electrons. The van der Waals surface area contributed by atoms with E-state index < -0.39 is 0 Å². The molecule has 0 aromatic carbocycles. The molecule has 0 aliphatic carbocycles. The zero-order valence-corrected chi connectivity index (χ0v) is 7.18. The molecular formula is C8H13N3. The van der Waals surface area contributed by atoms with Gasteiger partial charge in [-0.05, 0) is 27.0 Å². The van der Waals surface area contributed by atoms with Gasteiger partial charge in [0.25, 0.3) is 0 Å². The second-order valence-corrected chi connectivity index (χ2v) is 2.60. The highest BCUT2D eigenvalue weighted by molar-refractivity contribution is 5.08. The summed E-state index contributed by atoms with van der Waals surface area (Å²) in [4.78, 5) is 8.50. The largest absolute Gasteiger partial charge is 0.313 e. The van der Waals surface area contributed by atoms with Crippen molar-refractivity contribution in [1.82, 2.24) is 15.3 Å². The normalized spacial score (nSPS) is 10.1. The average Bonchev–Trinajstić information content (AvgIpc) is 1.85. The van der Waals surface area contributed by atoms with Gasteiger partial charge in [-0.2, -0.15) is 0 Å². The summed E-state index contributed by atoms with van der Waals surface area (Å²) in [7, 11) is 1.89. The molecule has 0 saturated carbocycles. The molecule has 1 rings (SSSR count). The number of hydrogen-bond donors (Lipinski definition) is 1. The second-order valence-electron chi connectivity index (χ2n) is 2.60. The molecule has 0 fully saturated rings. The van der Waals surface area contributed by atoms with Crippen LogP contribution in [0.5, 0.6) is 0 Å². The Kier molecular flexibility index (Phi) is 2.54. The summed E-state index contributed by atoms with van der Waals surface area (Å²) in [6, 6.07) is 1.97. The summed E-state index contributed by atoms with van der Waals surface area (Å²) in [6.45, 7) is 4.70. The first kappa shape index (κ1) is 8.14. The third kappa shape index (κ3) is 2.27. The Balaban J connectivity index is 2.89. The summed E-state index contributed by atoms with van der Waals surface area (Å²) in [5, 5.41) is 3.01. The highest BCUT2D eigenvalue weighted by Crippen LogP contribution is 1.98. The molecule has 60 valence electrons. The minimum absolute atomic E-state index is 0.739. The van der Waals surface area contributed by atoms with E-state index in [1.54, 1.807) is 0 Å². The molecule has 0 aliphatic rings. The van der Waals surface area contributed by atoms with Crippen molar-refractivity contribution in [3.8, 4) is 0 Å². The Hall–Kier alpha value is -0.960. The SMILES string of the molecule is CNCc1nc(C)cc(C)n1. The Morgan fingerprint density at radius 2 is 1.82 bits per heavy atom. The molecule has 0 unspecified atom stereocenters. The predicted octanol–water partition coefficient (Wildman–Crippen LogP) is 0.813. The molecular weight excluding hydrogens is 138 g/mol. The van der Waals surface area contributed by atoms with Crippen molar-refractivity contribution in [3.63, 3.8) is 0 Å². The van der Waals surface area contributed by atoms with Gasteiger partial charge in [0.05, 0.1) is 6.54 Å². The van der Waals surface area contributed by atoms with Crippen LogP contribution in [0.1, 0.15) is 17.2 Å². The van der Waals surface area contributed by atoms with E-state index in [-0.39, 0.29) is 0 Å². The van der Waals surface area contributed by atoms with Crippen LogP contribution in [0.3, 0.4) is 0 Å². The van der Waals surface area contributed by atoms with Crippen LogP contribution < -0.4 is 5.32 Å². The van der Waals surface area contributed by atoms with E-state index in [1.807, 2.05) is 27.0 Å². The van der Waals surface area contributed by atoms with Gasteiger partial charge in [-0.25, -0.2) is 9.97 Å². The Bertz CT molecular complexity index is 225. The first-order chi connectivity index (χ1) is 5.22. The van der Waals surface area contributed by atoms with E-state index in [9.17, 15) is 0 Å². The lowest BCUT2D eigenvalue weighted by molar-refractivity contribution is 0.747. The lowest BCUT2D eigenvalue weighted by atomic mass is 10.3. The van der Waals surface area contributed by atoms with Crippen molar-refractivity contribution in [2.75, 3.05) is 7.05 Å². The zero-order chi connectivity index (χ0) is 8.27. The maximum atomic E-state index is 4.25. The van der Waals surface area contributed by atoms with Crippen molar-refractivity contribution in [2.45, 2.75) is 20.4 Å². The van der Waals surface area contributed by atoms with Gasteiger partial charge in [0.15, 0.2) is 0 Å². The molecule has 1 N–H and O–H groups in total. The minimum atomic E-state index is 0.739. The number of hydrogen-bond acceptors (Lipinski definition) is 3. The molecule has 0 atom stereocenters. The standard InChI is InChI=1S/C8H13N3/c1-6-4-7(2)11-8(10-6)5-9-3/h4,9H,5H2,1-3H3. The van der Waals surface area contributed by atoms with E-state index >= 15 is 0 Å². The molecule has 0 bridgehead atoms. The molecule has 0 saturated heterocycles. The van der Waals surface area contributed by atoms with Gasteiger partial charge in [0.1, 0.15) is 5.82 Å². The van der Waals surface area contributed by atoms with Crippen molar-refractivity contribution in [1.29, 1.82) is 0 Å². The molecule has 0 aliphatic heterocycles. The highest BCUT2D eigenvalue weighted by atomic mass is 14.9. The van der Waals surface area contributed by atoms with Gasteiger partial charge >= 0.3 is 0 Å². The lowest BCUT2D eigenvalue weighted by Crippen LogP contribution is -2.10. The van der Waals surface area contributed by atoms with Crippen LogP contribution in [0.15, 0.2) is 6.07 Å². The van der Waals surface area contributed by atoms with Gasteiger partial charge in [0, 0.05) is 11.4 Å². The van der Waals surface area contributed by atoms with E-state index in [1.165, 1.54) is 0 Å². The topological polar surface area (TPSA) is 37.8 Å². The van der Waals surface area contributed by atoms with Crippen molar-refractivity contribution < 1.29 is 0 Å². The van der Waals surface area contributed by atoms with E-state index in [0.717, 1.165) is 23.8 Å². The number of rotatable bonds is 2. The molecule has 11 heavy (non-hydrogen) atoms. The molecule has 1 heterocycles. The fourth-order valence-electron chi connectivity index (χ4n) is 1.04. The summed E-state index contributed by atoms with van der Waals surface area (Å²) in [6.07, 6.45) is 0. The average molecular weight is 151 g/mol. The Morgan fingerprint density at radius 1 is 1.27 bits per heavy atom. The van der Waals surface area contributed by atoms with Crippen LogP contribution in [0.25, 0.3) is 0 Å². The van der Waals surface area contributed by atoms with Crippen LogP contribution in [0.2, 0.25) is 0 Å². The van der Waals surface area contributed by atoms with Crippen molar-refractivity contribution in [3.05, 3.63) is 23.3 Å². The maximum absolute atomic E-state index is 4.25. The molecule has 0 amide bonds. The summed E-state index contributed by atoms with van der Waals surface area (Å²) < 4.78 is 0. The molecule has 0 spiro atoms. The van der Waals surface area contributed by atoms with Crippen LogP contribution in [-0.4, -0.2) is 17.0 Å². The summed E-state index contributed by atoms with van der Waals surface area (Å²) in [5.74, 6) is 0.866. The molecule has 3 nitrogen and oxygen atoms in total. The fraction of sp³-hybridized carbons (Fsp3) is 0.500. The monoisotopic (exact) mass is 151 g/mol. The Labute approximate surface area is 66.9 Å². The van der Waals surface area contributed by atoms with Gasteiger partial charge in [-0.1, -0.05) is 0 Å². The zero-order valence-electron chi connectivity index (χ0n) is 7.18. The third-order valence-electron chi connectivity index (χ3n) is 1.36.